The third-order valence-corrected chi connectivity index (χ3v) is 6.38. The van der Waals surface area contributed by atoms with E-state index in [0.717, 1.165) is 30.0 Å². The third-order valence-electron chi connectivity index (χ3n) is 5.08. The Balaban J connectivity index is 1.53. The highest BCUT2D eigenvalue weighted by atomic mass is 32.2. The maximum atomic E-state index is 12.9. The van der Waals surface area contributed by atoms with Gasteiger partial charge in [-0.2, -0.15) is 0 Å². The molecule has 0 unspecified atom stereocenters. The second-order valence-corrected chi connectivity index (χ2v) is 8.89. The van der Waals surface area contributed by atoms with Crippen molar-refractivity contribution in [2.75, 3.05) is 41.9 Å². The molecule has 144 valence electrons. The number of hydrogen-bond donors (Lipinski definition) is 0. The summed E-state index contributed by atoms with van der Waals surface area (Å²) in [6.07, 6.45) is 4.46. The number of thioether (sulfide) groups is 1. The van der Waals surface area contributed by atoms with Crippen LogP contribution in [-0.4, -0.2) is 37.4 Å². The summed E-state index contributed by atoms with van der Waals surface area (Å²) < 4.78 is 0.572. The fourth-order valence-electron chi connectivity index (χ4n) is 3.50. The Morgan fingerprint density at radius 3 is 2.18 bits per heavy atom. The maximum absolute atomic E-state index is 12.9. The number of anilines is 3. The zero-order chi connectivity index (χ0) is 19.7. The van der Waals surface area contributed by atoms with Gasteiger partial charge in [-0.15, -0.1) is 0 Å². The summed E-state index contributed by atoms with van der Waals surface area (Å²) in [6.45, 7) is 2.26. The van der Waals surface area contributed by atoms with Crippen LogP contribution in [0.5, 0.6) is 0 Å². The molecule has 0 N–H and O–H groups in total. The van der Waals surface area contributed by atoms with Crippen LogP contribution in [0.25, 0.3) is 6.08 Å². The van der Waals surface area contributed by atoms with Crippen molar-refractivity contribution in [3.8, 4) is 0 Å². The first-order chi connectivity index (χ1) is 13.5. The highest BCUT2D eigenvalue weighted by Crippen LogP contribution is 2.36. The molecule has 0 radical (unpaired) electrons. The molecule has 6 heteroatoms. The predicted octanol–water partition coefficient (Wildman–Crippen LogP) is 4.76. The minimum Gasteiger partial charge on any atom is -0.378 e. The lowest BCUT2D eigenvalue weighted by Gasteiger charge is -2.17. The van der Waals surface area contributed by atoms with Crippen LogP contribution in [0.4, 0.5) is 17.1 Å². The molecule has 2 aromatic rings. The summed E-state index contributed by atoms with van der Waals surface area (Å²) in [5.74, 6) is -0.0591. The molecular weight excluding hydrogens is 386 g/mol. The van der Waals surface area contributed by atoms with E-state index in [9.17, 15) is 4.79 Å². The van der Waals surface area contributed by atoms with Gasteiger partial charge in [-0.25, -0.2) is 0 Å². The van der Waals surface area contributed by atoms with Gasteiger partial charge in [0.15, 0.2) is 4.32 Å². The molecule has 0 spiro atoms. The molecule has 0 bridgehead atoms. The third kappa shape index (κ3) is 3.80. The molecule has 2 fully saturated rings. The van der Waals surface area contributed by atoms with Crippen LogP contribution in [0.2, 0.25) is 0 Å². The normalized spacial score (nSPS) is 18.4. The van der Waals surface area contributed by atoms with E-state index in [0.29, 0.717) is 9.23 Å². The van der Waals surface area contributed by atoms with E-state index in [1.54, 1.807) is 4.90 Å². The van der Waals surface area contributed by atoms with Crippen molar-refractivity contribution >= 4 is 57.3 Å². The van der Waals surface area contributed by atoms with Crippen LogP contribution in [0.1, 0.15) is 18.4 Å². The standard InChI is InChI=1S/C22H23N3OS2/c1-23(2)17-9-11-19(12-10-17)25-21(26)20(28-22(25)27)15-16-5-7-18(8-6-16)24-13-3-4-14-24/h5-12,15H,3-4,13-14H2,1-2H3. The second-order valence-electron chi connectivity index (χ2n) is 7.21. The molecule has 0 aromatic heterocycles. The topological polar surface area (TPSA) is 26.8 Å². The number of amides is 1. The molecule has 0 aliphatic carbocycles. The molecule has 2 aliphatic heterocycles. The first-order valence-electron chi connectivity index (χ1n) is 9.43. The van der Waals surface area contributed by atoms with Crippen molar-refractivity contribution in [1.82, 2.24) is 0 Å². The van der Waals surface area contributed by atoms with Crippen LogP contribution in [0, 0.1) is 0 Å². The zero-order valence-electron chi connectivity index (χ0n) is 16.1. The van der Waals surface area contributed by atoms with Crippen molar-refractivity contribution in [3.63, 3.8) is 0 Å². The summed E-state index contributed by atoms with van der Waals surface area (Å²) in [4.78, 5) is 19.7. The van der Waals surface area contributed by atoms with Crippen molar-refractivity contribution in [2.24, 2.45) is 0 Å². The Morgan fingerprint density at radius 1 is 0.964 bits per heavy atom. The Kier molecular flexibility index (Phi) is 5.42. The lowest BCUT2D eigenvalue weighted by Crippen LogP contribution is -2.27. The van der Waals surface area contributed by atoms with Crippen LogP contribution in [0.3, 0.4) is 0 Å². The quantitative estimate of drug-likeness (QED) is 0.536. The van der Waals surface area contributed by atoms with Crippen LogP contribution >= 0.6 is 24.0 Å². The predicted molar refractivity (Wildman–Crippen MR) is 124 cm³/mol. The van der Waals surface area contributed by atoms with Crippen LogP contribution < -0.4 is 14.7 Å². The summed E-state index contributed by atoms with van der Waals surface area (Å²) in [5, 5.41) is 0. The van der Waals surface area contributed by atoms with Gasteiger partial charge >= 0.3 is 0 Å². The van der Waals surface area contributed by atoms with Crippen LogP contribution in [-0.2, 0) is 4.79 Å². The van der Waals surface area contributed by atoms with Gasteiger partial charge in [-0.1, -0.05) is 36.1 Å². The zero-order valence-corrected chi connectivity index (χ0v) is 17.7. The molecule has 2 saturated heterocycles. The Hall–Kier alpha value is -2.31. The largest absolute Gasteiger partial charge is 0.378 e. The van der Waals surface area contributed by atoms with E-state index in [1.807, 2.05) is 49.3 Å². The van der Waals surface area contributed by atoms with E-state index < -0.39 is 0 Å². The molecule has 2 aromatic carbocycles. The van der Waals surface area contributed by atoms with E-state index in [4.69, 9.17) is 12.2 Å². The molecule has 4 rings (SSSR count). The van der Waals surface area contributed by atoms with Gasteiger partial charge in [0.1, 0.15) is 0 Å². The van der Waals surface area contributed by atoms with Gasteiger partial charge in [0.2, 0.25) is 0 Å². The molecule has 2 aliphatic rings. The highest BCUT2D eigenvalue weighted by Gasteiger charge is 2.33. The molecule has 1 amide bonds. The number of nitrogens with zero attached hydrogens (tertiary/aromatic N) is 3. The van der Waals surface area contributed by atoms with Gasteiger partial charge in [0.25, 0.3) is 5.91 Å². The number of thiocarbonyl (C=S) groups is 1. The maximum Gasteiger partial charge on any atom is 0.270 e. The van der Waals surface area contributed by atoms with Crippen LogP contribution in [0.15, 0.2) is 53.4 Å². The van der Waals surface area contributed by atoms with E-state index in [-0.39, 0.29) is 5.91 Å². The van der Waals surface area contributed by atoms with Gasteiger partial charge in [0.05, 0.1) is 10.6 Å². The Labute approximate surface area is 175 Å². The van der Waals surface area contributed by atoms with Gasteiger partial charge < -0.3 is 9.80 Å². The lowest BCUT2D eigenvalue weighted by atomic mass is 10.1. The number of benzene rings is 2. The second kappa shape index (κ2) is 7.97. The van der Waals surface area contributed by atoms with Crippen molar-refractivity contribution < 1.29 is 4.79 Å². The average molecular weight is 410 g/mol. The van der Waals surface area contributed by atoms with Crippen molar-refractivity contribution in [3.05, 3.63) is 59.0 Å². The summed E-state index contributed by atoms with van der Waals surface area (Å²) >= 11 is 6.84. The van der Waals surface area contributed by atoms with Gasteiger partial charge in [0, 0.05) is 38.6 Å². The smallest absolute Gasteiger partial charge is 0.270 e. The first-order valence-corrected chi connectivity index (χ1v) is 10.7. The molecule has 4 nitrogen and oxygen atoms in total. The van der Waals surface area contributed by atoms with E-state index >= 15 is 0 Å². The molecular formula is C22H23N3OS2. The number of carbonyl (C=O) groups excluding carboxylic acids is 1. The molecule has 0 atom stereocenters. The Morgan fingerprint density at radius 2 is 1.57 bits per heavy atom. The van der Waals surface area contributed by atoms with Gasteiger partial charge in [-0.05, 0) is 60.9 Å². The number of hydrogen-bond acceptors (Lipinski definition) is 5. The Bertz CT molecular complexity index is 914. The van der Waals surface area contributed by atoms with Crippen molar-refractivity contribution in [2.45, 2.75) is 12.8 Å². The summed E-state index contributed by atoms with van der Waals surface area (Å²) in [6, 6.07) is 16.3. The minimum absolute atomic E-state index is 0.0591. The van der Waals surface area contributed by atoms with E-state index in [2.05, 4.69) is 29.2 Å². The van der Waals surface area contributed by atoms with Crippen molar-refractivity contribution in [1.29, 1.82) is 0 Å². The fourth-order valence-corrected chi connectivity index (χ4v) is 4.80. The summed E-state index contributed by atoms with van der Waals surface area (Å²) in [7, 11) is 3.98. The molecule has 0 saturated carbocycles. The SMILES string of the molecule is CN(C)c1ccc(N2C(=O)C(=Cc3ccc(N4CCCC4)cc3)SC2=S)cc1. The first kappa shape index (κ1) is 19.0. The fraction of sp³-hybridized carbons (Fsp3) is 0.273. The average Bonchev–Trinajstić information content (AvgIpc) is 3.31. The number of rotatable bonds is 4. The molecule has 2 heterocycles. The molecule has 28 heavy (non-hydrogen) atoms. The van der Waals surface area contributed by atoms with E-state index in [1.165, 1.54) is 30.3 Å². The number of carbonyl (C=O) groups is 1. The monoisotopic (exact) mass is 409 g/mol. The van der Waals surface area contributed by atoms with Gasteiger partial charge in [-0.3, -0.25) is 9.69 Å². The minimum atomic E-state index is -0.0591. The summed E-state index contributed by atoms with van der Waals surface area (Å²) in [5.41, 5.74) is 4.17. The highest BCUT2D eigenvalue weighted by molar-refractivity contribution is 8.27. The lowest BCUT2D eigenvalue weighted by molar-refractivity contribution is -0.113.